The van der Waals surface area contributed by atoms with Gasteiger partial charge in [0.2, 0.25) is 0 Å². The van der Waals surface area contributed by atoms with Crippen molar-refractivity contribution in [3.8, 4) is 0 Å². The van der Waals surface area contributed by atoms with Gasteiger partial charge in [0.05, 0.1) is 5.57 Å². The van der Waals surface area contributed by atoms with E-state index in [9.17, 15) is 4.79 Å². The third-order valence-corrected chi connectivity index (χ3v) is 1.51. The van der Waals surface area contributed by atoms with E-state index in [1.165, 1.54) is 0 Å². The number of nitrogens with one attached hydrogen (secondary N) is 2. The van der Waals surface area contributed by atoms with Crippen LogP contribution in [0.2, 0.25) is 0 Å². The van der Waals surface area contributed by atoms with Crippen LogP contribution in [0.5, 0.6) is 0 Å². The summed E-state index contributed by atoms with van der Waals surface area (Å²) in [5, 5.41) is 5.42. The number of allylic oxidation sites excluding steroid dienone is 1. The van der Waals surface area contributed by atoms with Crippen LogP contribution in [0.4, 0.5) is 0 Å². The van der Waals surface area contributed by atoms with Crippen molar-refractivity contribution in [2.75, 3.05) is 13.6 Å². The summed E-state index contributed by atoms with van der Waals surface area (Å²) in [6.45, 7) is 0.502. The zero-order valence-electron chi connectivity index (χ0n) is 6.35. The lowest BCUT2D eigenvalue weighted by Crippen LogP contribution is -2.30. The fourth-order valence-corrected chi connectivity index (χ4v) is 0.875. The van der Waals surface area contributed by atoms with Gasteiger partial charge in [-0.2, -0.15) is 0 Å². The molecule has 1 aliphatic heterocycles. The molecule has 0 aromatic carbocycles. The molecule has 60 valence electrons. The van der Waals surface area contributed by atoms with E-state index in [0.29, 0.717) is 17.8 Å². The average Bonchev–Trinajstić information content (AvgIpc) is 2.04. The SMILES string of the molecule is CNC(=O)C1=C(N)C=CNC1. The van der Waals surface area contributed by atoms with Crippen LogP contribution in [-0.4, -0.2) is 19.5 Å². The van der Waals surface area contributed by atoms with Gasteiger partial charge < -0.3 is 16.4 Å². The second-order valence-electron chi connectivity index (χ2n) is 2.23. The van der Waals surface area contributed by atoms with Gasteiger partial charge in [0.1, 0.15) is 0 Å². The number of nitrogens with two attached hydrogens (primary N) is 1. The molecule has 0 fully saturated rings. The molecule has 0 unspecified atom stereocenters. The van der Waals surface area contributed by atoms with Gasteiger partial charge in [-0.3, -0.25) is 4.79 Å². The topological polar surface area (TPSA) is 67.2 Å². The molecule has 0 aromatic rings. The second-order valence-corrected chi connectivity index (χ2v) is 2.23. The van der Waals surface area contributed by atoms with Crippen molar-refractivity contribution in [2.45, 2.75) is 0 Å². The Balaban J connectivity index is 2.83. The highest BCUT2D eigenvalue weighted by Crippen LogP contribution is 2.03. The van der Waals surface area contributed by atoms with Crippen LogP contribution < -0.4 is 16.4 Å². The van der Waals surface area contributed by atoms with E-state index in [1.807, 2.05) is 0 Å². The Kier molecular flexibility index (Phi) is 2.15. The number of carbonyl (C=O) groups is 1. The van der Waals surface area contributed by atoms with Crippen molar-refractivity contribution in [1.82, 2.24) is 10.6 Å². The van der Waals surface area contributed by atoms with Gasteiger partial charge in [-0.15, -0.1) is 0 Å². The van der Waals surface area contributed by atoms with Crippen molar-refractivity contribution in [3.63, 3.8) is 0 Å². The quantitative estimate of drug-likeness (QED) is 0.455. The standard InChI is InChI=1S/C7H11N3O/c1-9-7(11)5-4-10-3-2-6(5)8/h2-3,10H,4,8H2,1H3,(H,9,11). The van der Waals surface area contributed by atoms with Crippen molar-refractivity contribution in [1.29, 1.82) is 0 Å². The van der Waals surface area contributed by atoms with Gasteiger partial charge >= 0.3 is 0 Å². The first-order valence-electron chi connectivity index (χ1n) is 3.36. The van der Waals surface area contributed by atoms with Gasteiger partial charge in [-0.25, -0.2) is 0 Å². The highest BCUT2D eigenvalue weighted by Gasteiger charge is 2.11. The molecule has 0 saturated carbocycles. The van der Waals surface area contributed by atoms with E-state index in [0.717, 1.165) is 0 Å². The summed E-state index contributed by atoms with van der Waals surface area (Å²) in [7, 11) is 1.58. The molecule has 1 rings (SSSR count). The number of likely N-dealkylation sites (N-methyl/N-ethyl adjacent to an activating group) is 1. The summed E-state index contributed by atoms with van der Waals surface area (Å²) >= 11 is 0. The molecule has 0 radical (unpaired) electrons. The maximum Gasteiger partial charge on any atom is 0.250 e. The largest absolute Gasteiger partial charge is 0.398 e. The van der Waals surface area contributed by atoms with Crippen LogP contribution in [0.15, 0.2) is 23.5 Å². The first-order valence-corrected chi connectivity index (χ1v) is 3.36. The highest BCUT2D eigenvalue weighted by molar-refractivity contribution is 5.95. The molecule has 0 spiro atoms. The zero-order chi connectivity index (χ0) is 8.27. The lowest BCUT2D eigenvalue weighted by molar-refractivity contribution is -0.117. The molecule has 0 atom stereocenters. The molecule has 0 saturated heterocycles. The van der Waals surface area contributed by atoms with Gasteiger partial charge in [-0.05, 0) is 12.3 Å². The molecule has 1 heterocycles. The molecule has 11 heavy (non-hydrogen) atoms. The molecule has 1 aliphatic rings. The lowest BCUT2D eigenvalue weighted by atomic mass is 10.1. The molecule has 4 N–H and O–H groups in total. The summed E-state index contributed by atoms with van der Waals surface area (Å²) in [6.07, 6.45) is 3.40. The van der Waals surface area contributed by atoms with Crippen molar-refractivity contribution in [3.05, 3.63) is 23.5 Å². The maximum absolute atomic E-state index is 11.1. The summed E-state index contributed by atoms with van der Waals surface area (Å²) in [4.78, 5) is 11.1. The van der Waals surface area contributed by atoms with Crippen molar-refractivity contribution < 1.29 is 4.79 Å². The van der Waals surface area contributed by atoms with Gasteiger partial charge in [0.25, 0.3) is 5.91 Å². The summed E-state index contributed by atoms with van der Waals surface area (Å²) in [6, 6.07) is 0. The highest BCUT2D eigenvalue weighted by atomic mass is 16.1. The van der Waals surface area contributed by atoms with Crippen LogP contribution in [0.3, 0.4) is 0 Å². The molecular formula is C7H11N3O. The minimum atomic E-state index is -0.126. The van der Waals surface area contributed by atoms with E-state index in [4.69, 9.17) is 5.73 Å². The number of carbonyl (C=O) groups excluding carboxylic acids is 1. The van der Waals surface area contributed by atoms with E-state index in [2.05, 4.69) is 10.6 Å². The molecule has 0 aliphatic carbocycles. The monoisotopic (exact) mass is 153 g/mol. The number of hydrogen-bond acceptors (Lipinski definition) is 3. The number of hydrogen-bond donors (Lipinski definition) is 3. The Bertz CT molecular complexity index is 230. The van der Waals surface area contributed by atoms with Crippen LogP contribution in [0.25, 0.3) is 0 Å². The Morgan fingerprint density at radius 1 is 1.82 bits per heavy atom. The molecule has 0 aromatic heterocycles. The Morgan fingerprint density at radius 3 is 3.09 bits per heavy atom. The fraction of sp³-hybridized carbons (Fsp3) is 0.286. The molecular weight excluding hydrogens is 142 g/mol. The minimum absolute atomic E-state index is 0.126. The van der Waals surface area contributed by atoms with Crippen LogP contribution in [0, 0.1) is 0 Å². The first-order chi connectivity index (χ1) is 5.25. The summed E-state index contributed by atoms with van der Waals surface area (Å²) in [5.74, 6) is -0.126. The van der Waals surface area contributed by atoms with E-state index in [-0.39, 0.29) is 5.91 Å². The van der Waals surface area contributed by atoms with Gasteiger partial charge in [0.15, 0.2) is 0 Å². The minimum Gasteiger partial charge on any atom is -0.398 e. The molecule has 1 amide bonds. The predicted molar refractivity (Wildman–Crippen MR) is 42.4 cm³/mol. The third-order valence-electron chi connectivity index (χ3n) is 1.51. The average molecular weight is 153 g/mol. The predicted octanol–water partition coefficient (Wildman–Crippen LogP) is -0.938. The Hall–Kier alpha value is -1.45. The first kappa shape index (κ1) is 7.65. The molecule has 4 nitrogen and oxygen atoms in total. The maximum atomic E-state index is 11.1. The summed E-state index contributed by atoms with van der Waals surface area (Å²) in [5.41, 5.74) is 6.67. The Morgan fingerprint density at radius 2 is 2.55 bits per heavy atom. The number of amides is 1. The number of dihydropyridines is 1. The van der Waals surface area contributed by atoms with Crippen LogP contribution in [-0.2, 0) is 4.79 Å². The molecule has 0 bridgehead atoms. The third kappa shape index (κ3) is 1.52. The van der Waals surface area contributed by atoms with Crippen LogP contribution >= 0.6 is 0 Å². The zero-order valence-corrected chi connectivity index (χ0v) is 6.35. The van der Waals surface area contributed by atoms with Crippen LogP contribution in [0.1, 0.15) is 0 Å². The van der Waals surface area contributed by atoms with Gasteiger partial charge in [0, 0.05) is 19.3 Å². The van der Waals surface area contributed by atoms with Crippen molar-refractivity contribution >= 4 is 5.91 Å². The normalized spacial score (nSPS) is 16.1. The Labute approximate surface area is 65.1 Å². The van der Waals surface area contributed by atoms with Gasteiger partial charge in [-0.1, -0.05) is 0 Å². The summed E-state index contributed by atoms with van der Waals surface area (Å²) < 4.78 is 0. The lowest BCUT2D eigenvalue weighted by Gasteiger charge is -2.12. The van der Waals surface area contributed by atoms with E-state index in [1.54, 1.807) is 19.3 Å². The smallest absolute Gasteiger partial charge is 0.250 e. The van der Waals surface area contributed by atoms with E-state index < -0.39 is 0 Å². The van der Waals surface area contributed by atoms with Crippen molar-refractivity contribution in [2.24, 2.45) is 5.73 Å². The number of rotatable bonds is 1. The molecule has 4 heteroatoms. The van der Waals surface area contributed by atoms with E-state index >= 15 is 0 Å². The second kappa shape index (κ2) is 3.09. The fourth-order valence-electron chi connectivity index (χ4n) is 0.875.